The number of H-pyrrole nitrogens is 1. The maximum absolute atomic E-state index is 12.6. The monoisotopic (exact) mass is 357 g/mol. The second-order valence-electron chi connectivity index (χ2n) is 9.06. The summed E-state index contributed by atoms with van der Waals surface area (Å²) in [6, 6.07) is -0.0153. The van der Waals surface area contributed by atoms with Crippen molar-refractivity contribution in [2.45, 2.75) is 62.8 Å². The van der Waals surface area contributed by atoms with Crippen LogP contribution in [0.4, 0.5) is 0 Å². The van der Waals surface area contributed by atoms with Crippen LogP contribution in [0.25, 0.3) is 0 Å². The van der Waals surface area contributed by atoms with Crippen LogP contribution in [-0.2, 0) is 10.2 Å². The molecule has 6 heteroatoms. The van der Waals surface area contributed by atoms with Gasteiger partial charge in [-0.15, -0.1) is 0 Å². The molecule has 5 aliphatic rings. The minimum atomic E-state index is -0.341. The first-order valence-corrected chi connectivity index (χ1v) is 10.1. The fourth-order valence-corrected chi connectivity index (χ4v) is 6.34. The lowest BCUT2D eigenvalue weighted by Gasteiger charge is -2.56. The second-order valence-corrected chi connectivity index (χ2v) is 9.06. The van der Waals surface area contributed by atoms with Crippen molar-refractivity contribution >= 4 is 5.91 Å². The third-order valence-electron chi connectivity index (χ3n) is 7.08. The van der Waals surface area contributed by atoms with Crippen LogP contribution < -0.4 is 10.9 Å². The lowest BCUT2D eigenvalue weighted by Crippen LogP contribution is -2.50. The molecular weight excluding hydrogens is 330 g/mol. The van der Waals surface area contributed by atoms with Crippen LogP contribution >= 0.6 is 0 Å². The Morgan fingerprint density at radius 1 is 1.19 bits per heavy atom. The number of carbonyl (C=O) groups excluding carboxylic acids is 1. The van der Waals surface area contributed by atoms with E-state index in [1.807, 2.05) is 0 Å². The average molecular weight is 357 g/mol. The van der Waals surface area contributed by atoms with Crippen LogP contribution in [0.5, 0.6) is 0 Å². The number of nitrogens with zero attached hydrogens (tertiary/aromatic N) is 1. The van der Waals surface area contributed by atoms with Crippen molar-refractivity contribution in [3.05, 3.63) is 27.9 Å². The van der Waals surface area contributed by atoms with Gasteiger partial charge in [-0.3, -0.25) is 9.59 Å². The quantitative estimate of drug-likeness (QED) is 0.868. The second kappa shape index (κ2) is 6.19. The minimum Gasteiger partial charge on any atom is -0.379 e. The van der Waals surface area contributed by atoms with E-state index in [2.05, 4.69) is 15.3 Å². The lowest BCUT2D eigenvalue weighted by atomic mass is 9.49. The summed E-state index contributed by atoms with van der Waals surface area (Å²) in [5, 5.41) is 2.91. The molecule has 6 nitrogen and oxygen atoms in total. The van der Waals surface area contributed by atoms with Gasteiger partial charge in [0.1, 0.15) is 11.4 Å². The normalized spacial score (nSPS) is 38.3. The molecule has 2 N–H and O–H groups in total. The summed E-state index contributed by atoms with van der Waals surface area (Å²) in [7, 11) is 0. The Hall–Kier alpha value is -1.69. The van der Waals surface area contributed by atoms with Gasteiger partial charge >= 0.3 is 0 Å². The number of hydrogen-bond donors (Lipinski definition) is 2. The third-order valence-corrected chi connectivity index (χ3v) is 7.08. The van der Waals surface area contributed by atoms with Gasteiger partial charge in [0.05, 0.1) is 12.6 Å². The molecule has 6 rings (SSSR count). The predicted octanol–water partition coefficient (Wildman–Crippen LogP) is 2.15. The van der Waals surface area contributed by atoms with Crippen LogP contribution in [0.2, 0.25) is 0 Å². The lowest BCUT2D eigenvalue weighted by molar-refractivity contribution is -0.00954. The summed E-state index contributed by atoms with van der Waals surface area (Å²) in [6.45, 7) is 1.26. The summed E-state index contributed by atoms with van der Waals surface area (Å²) in [4.78, 5) is 32.7. The van der Waals surface area contributed by atoms with Gasteiger partial charge in [0, 0.05) is 18.2 Å². The molecule has 1 atom stereocenters. The Bertz CT molecular complexity index is 731. The molecule has 0 aromatic carbocycles. The molecule has 4 saturated carbocycles. The van der Waals surface area contributed by atoms with Gasteiger partial charge in [0.2, 0.25) is 0 Å². The molecule has 26 heavy (non-hydrogen) atoms. The highest BCUT2D eigenvalue weighted by atomic mass is 16.5. The molecule has 1 aromatic heterocycles. The summed E-state index contributed by atoms with van der Waals surface area (Å²) in [6.07, 6.45) is 10.8. The number of carbonyl (C=O) groups is 1. The van der Waals surface area contributed by atoms with Crippen LogP contribution in [-0.4, -0.2) is 35.1 Å². The molecule has 5 fully saturated rings. The zero-order valence-corrected chi connectivity index (χ0v) is 15.1. The van der Waals surface area contributed by atoms with Crippen LogP contribution in [0, 0.1) is 17.8 Å². The van der Waals surface area contributed by atoms with Crippen LogP contribution in [0.3, 0.4) is 0 Å². The largest absolute Gasteiger partial charge is 0.379 e. The van der Waals surface area contributed by atoms with E-state index in [0.29, 0.717) is 6.61 Å². The molecule has 4 aliphatic carbocycles. The molecule has 0 spiro atoms. The smallest absolute Gasteiger partial charge is 0.263 e. The standard InChI is InChI=1S/C20H27N3O3/c24-17(22-15-2-1-3-26-11-15)16-10-21-19(23-18(16)25)20-7-12-4-13(8-20)6-14(5-12)9-20/h10,12-15H,1-9,11H2,(H,22,24)(H,21,23,25)/t12?,13?,14?,15-,20?/m1/s1. The molecule has 0 radical (unpaired) electrons. The summed E-state index contributed by atoms with van der Waals surface area (Å²) in [5.41, 5.74) is -0.149. The van der Waals surface area contributed by atoms with Crippen molar-refractivity contribution in [3.8, 4) is 0 Å². The van der Waals surface area contributed by atoms with E-state index < -0.39 is 0 Å². The summed E-state index contributed by atoms with van der Waals surface area (Å²) < 4.78 is 5.39. The fraction of sp³-hybridized carbons (Fsp3) is 0.750. The van der Waals surface area contributed by atoms with Gasteiger partial charge in [0.15, 0.2) is 0 Å². The van der Waals surface area contributed by atoms with E-state index in [9.17, 15) is 9.59 Å². The molecule has 140 valence electrons. The molecule has 0 unspecified atom stereocenters. The third kappa shape index (κ3) is 2.79. The Kier molecular flexibility index (Phi) is 3.92. The number of rotatable bonds is 3. The Morgan fingerprint density at radius 2 is 1.88 bits per heavy atom. The van der Waals surface area contributed by atoms with Crippen molar-refractivity contribution in [2.75, 3.05) is 13.2 Å². The van der Waals surface area contributed by atoms with Gasteiger partial charge in [-0.25, -0.2) is 4.98 Å². The van der Waals surface area contributed by atoms with Gasteiger partial charge in [-0.1, -0.05) is 0 Å². The van der Waals surface area contributed by atoms with Crippen molar-refractivity contribution < 1.29 is 9.53 Å². The Labute approximate surface area is 153 Å². The topological polar surface area (TPSA) is 84.1 Å². The highest BCUT2D eigenvalue weighted by molar-refractivity contribution is 5.93. The zero-order valence-electron chi connectivity index (χ0n) is 15.1. The first-order valence-electron chi connectivity index (χ1n) is 10.1. The van der Waals surface area contributed by atoms with Crippen molar-refractivity contribution in [1.82, 2.24) is 15.3 Å². The van der Waals surface area contributed by atoms with Gasteiger partial charge in [-0.2, -0.15) is 0 Å². The number of aromatic amines is 1. The van der Waals surface area contributed by atoms with E-state index in [-0.39, 0.29) is 28.5 Å². The van der Waals surface area contributed by atoms with E-state index in [4.69, 9.17) is 4.74 Å². The van der Waals surface area contributed by atoms with Crippen molar-refractivity contribution in [2.24, 2.45) is 17.8 Å². The number of amides is 1. The molecule has 2 heterocycles. The maximum Gasteiger partial charge on any atom is 0.263 e. The summed E-state index contributed by atoms with van der Waals surface area (Å²) >= 11 is 0. The van der Waals surface area contributed by atoms with E-state index in [0.717, 1.165) is 62.3 Å². The SMILES string of the molecule is O=C(N[C@@H]1CCCOC1)c1cnc(C23CC4CC(CC(C4)C2)C3)[nH]c1=O. The molecule has 1 amide bonds. The van der Waals surface area contributed by atoms with Crippen LogP contribution in [0.15, 0.2) is 11.0 Å². The van der Waals surface area contributed by atoms with Gasteiger partial charge in [-0.05, 0) is 69.1 Å². The number of hydrogen-bond acceptors (Lipinski definition) is 4. The number of ether oxygens (including phenoxy) is 1. The Balaban J connectivity index is 1.37. The fourth-order valence-electron chi connectivity index (χ4n) is 6.34. The average Bonchev–Trinajstić information content (AvgIpc) is 2.61. The molecule has 1 saturated heterocycles. The zero-order chi connectivity index (χ0) is 17.7. The molecular formula is C20H27N3O3. The van der Waals surface area contributed by atoms with Crippen molar-refractivity contribution in [1.29, 1.82) is 0 Å². The van der Waals surface area contributed by atoms with Crippen LogP contribution in [0.1, 0.15) is 67.5 Å². The highest BCUT2D eigenvalue weighted by Crippen LogP contribution is 2.59. The number of nitrogens with one attached hydrogen (secondary N) is 2. The molecule has 1 aromatic rings. The highest BCUT2D eigenvalue weighted by Gasteiger charge is 2.52. The van der Waals surface area contributed by atoms with Crippen molar-refractivity contribution in [3.63, 3.8) is 0 Å². The first kappa shape index (κ1) is 16.5. The first-order chi connectivity index (χ1) is 12.6. The van der Waals surface area contributed by atoms with Gasteiger partial charge in [0.25, 0.3) is 11.5 Å². The maximum atomic E-state index is 12.6. The van der Waals surface area contributed by atoms with E-state index in [1.54, 1.807) is 0 Å². The minimum absolute atomic E-state index is 0.0153. The Morgan fingerprint density at radius 3 is 2.46 bits per heavy atom. The van der Waals surface area contributed by atoms with E-state index >= 15 is 0 Å². The molecule has 1 aliphatic heterocycles. The molecule has 4 bridgehead atoms. The van der Waals surface area contributed by atoms with E-state index in [1.165, 1.54) is 25.5 Å². The summed E-state index contributed by atoms with van der Waals surface area (Å²) in [5.74, 6) is 2.85. The number of aromatic nitrogens is 2. The predicted molar refractivity (Wildman–Crippen MR) is 96.0 cm³/mol. The van der Waals surface area contributed by atoms with Gasteiger partial charge < -0.3 is 15.0 Å².